The van der Waals surface area contributed by atoms with Crippen molar-refractivity contribution in [3.8, 4) is 0 Å². The van der Waals surface area contributed by atoms with Gasteiger partial charge in [0, 0.05) is 24.2 Å². The van der Waals surface area contributed by atoms with Crippen molar-refractivity contribution < 1.29 is 0 Å². The Morgan fingerprint density at radius 3 is 1.95 bits per heavy atom. The van der Waals surface area contributed by atoms with Crippen LogP contribution in [0.1, 0.15) is 53.4 Å². The molecule has 1 aliphatic rings. The molecule has 0 heterocycles. The number of nitrogens with two attached hydrogens (primary N) is 1. The zero-order valence-corrected chi connectivity index (χ0v) is 14.2. The molecule has 0 amide bonds. The van der Waals surface area contributed by atoms with Crippen LogP contribution in [0.15, 0.2) is 0 Å². The second-order valence-corrected chi connectivity index (χ2v) is 7.77. The molecular formula is C16H35N3. The standard InChI is InChI=1S/C16H35N3/c1-8-13(17)14(15(2,3)4)19(7)12-16(18(5)6)10-9-11-16/h13-14H,8-12,17H2,1-7H3. The SMILES string of the molecule is CCC(N)C(N(C)CC1(N(C)C)CCC1)C(C)(C)C. The molecule has 1 saturated carbocycles. The summed E-state index contributed by atoms with van der Waals surface area (Å²) in [6, 6.07) is 0.694. The highest BCUT2D eigenvalue weighted by Crippen LogP contribution is 2.38. The van der Waals surface area contributed by atoms with Crippen LogP contribution in [0.25, 0.3) is 0 Å². The first kappa shape index (κ1) is 16.9. The summed E-state index contributed by atoms with van der Waals surface area (Å²) < 4.78 is 0. The van der Waals surface area contributed by atoms with Gasteiger partial charge in [0.05, 0.1) is 0 Å². The highest BCUT2D eigenvalue weighted by Gasteiger charge is 2.43. The van der Waals surface area contributed by atoms with E-state index in [4.69, 9.17) is 5.73 Å². The predicted octanol–water partition coefficient (Wildman–Crippen LogP) is 2.55. The summed E-state index contributed by atoms with van der Waals surface area (Å²) >= 11 is 0. The molecule has 0 aliphatic heterocycles. The Morgan fingerprint density at radius 2 is 1.68 bits per heavy atom. The van der Waals surface area contributed by atoms with Crippen LogP contribution in [0.5, 0.6) is 0 Å². The van der Waals surface area contributed by atoms with Crippen LogP contribution in [-0.4, -0.2) is 55.1 Å². The lowest BCUT2D eigenvalue weighted by Crippen LogP contribution is -2.62. The molecule has 2 atom stereocenters. The van der Waals surface area contributed by atoms with Gasteiger partial charge >= 0.3 is 0 Å². The normalized spacial score (nSPS) is 22.4. The maximum absolute atomic E-state index is 6.40. The van der Waals surface area contributed by atoms with E-state index in [9.17, 15) is 0 Å². The molecule has 0 radical (unpaired) electrons. The predicted molar refractivity (Wildman–Crippen MR) is 84.4 cm³/mol. The molecule has 3 heteroatoms. The Labute approximate surface area is 120 Å². The molecule has 3 nitrogen and oxygen atoms in total. The molecule has 0 aromatic carbocycles. The van der Waals surface area contributed by atoms with Crippen molar-refractivity contribution in [3.63, 3.8) is 0 Å². The Bertz CT molecular complexity index is 276. The van der Waals surface area contributed by atoms with Gasteiger partial charge in [-0.15, -0.1) is 0 Å². The van der Waals surface area contributed by atoms with Gasteiger partial charge < -0.3 is 10.6 Å². The highest BCUT2D eigenvalue weighted by molar-refractivity contribution is 5.00. The van der Waals surface area contributed by atoms with E-state index in [-0.39, 0.29) is 11.5 Å². The molecule has 1 rings (SSSR count). The summed E-state index contributed by atoms with van der Waals surface area (Å²) in [7, 11) is 6.70. The number of rotatable bonds is 6. The maximum Gasteiger partial charge on any atom is 0.0330 e. The lowest BCUT2D eigenvalue weighted by atomic mass is 9.73. The van der Waals surface area contributed by atoms with Gasteiger partial charge in [-0.25, -0.2) is 0 Å². The number of hydrogen-bond donors (Lipinski definition) is 1. The summed E-state index contributed by atoms with van der Waals surface area (Å²) in [5.41, 5.74) is 7.01. The molecule has 2 unspecified atom stereocenters. The lowest BCUT2D eigenvalue weighted by molar-refractivity contribution is -0.00770. The Balaban J connectivity index is 2.80. The van der Waals surface area contributed by atoms with E-state index in [2.05, 4.69) is 58.6 Å². The summed E-state index contributed by atoms with van der Waals surface area (Å²) in [5.74, 6) is 0. The summed E-state index contributed by atoms with van der Waals surface area (Å²) in [4.78, 5) is 4.94. The topological polar surface area (TPSA) is 32.5 Å². The molecule has 114 valence electrons. The van der Waals surface area contributed by atoms with Gasteiger partial charge in [-0.05, 0) is 52.2 Å². The van der Waals surface area contributed by atoms with Gasteiger partial charge in [0.15, 0.2) is 0 Å². The molecular weight excluding hydrogens is 234 g/mol. The minimum absolute atomic E-state index is 0.224. The third-order valence-corrected chi connectivity index (χ3v) is 5.02. The van der Waals surface area contributed by atoms with E-state index < -0.39 is 0 Å². The van der Waals surface area contributed by atoms with Crippen molar-refractivity contribution in [2.24, 2.45) is 11.1 Å². The molecule has 2 N–H and O–H groups in total. The second kappa shape index (κ2) is 6.11. The van der Waals surface area contributed by atoms with Gasteiger partial charge in [0.1, 0.15) is 0 Å². The minimum Gasteiger partial charge on any atom is -0.326 e. The first-order valence-corrected chi connectivity index (χ1v) is 7.77. The average molecular weight is 269 g/mol. The third-order valence-electron chi connectivity index (χ3n) is 5.02. The van der Waals surface area contributed by atoms with Crippen molar-refractivity contribution in [2.45, 2.75) is 71.0 Å². The number of nitrogens with zero attached hydrogens (tertiary/aromatic N) is 2. The monoisotopic (exact) mass is 269 g/mol. The van der Waals surface area contributed by atoms with Gasteiger partial charge in [-0.3, -0.25) is 4.90 Å². The molecule has 1 aliphatic carbocycles. The lowest BCUT2D eigenvalue weighted by Gasteiger charge is -2.52. The smallest absolute Gasteiger partial charge is 0.0330 e. The van der Waals surface area contributed by atoms with Crippen LogP contribution < -0.4 is 5.73 Å². The quantitative estimate of drug-likeness (QED) is 0.804. The first-order valence-electron chi connectivity index (χ1n) is 7.77. The number of likely N-dealkylation sites (N-methyl/N-ethyl adjacent to an activating group) is 2. The van der Waals surface area contributed by atoms with Crippen molar-refractivity contribution in [3.05, 3.63) is 0 Å². The van der Waals surface area contributed by atoms with E-state index in [1.165, 1.54) is 19.3 Å². The van der Waals surface area contributed by atoms with E-state index in [0.717, 1.165) is 13.0 Å². The molecule has 0 aromatic rings. The highest BCUT2D eigenvalue weighted by atomic mass is 15.2. The van der Waals surface area contributed by atoms with Crippen molar-refractivity contribution in [1.29, 1.82) is 0 Å². The fourth-order valence-electron chi connectivity index (χ4n) is 3.75. The summed E-state index contributed by atoms with van der Waals surface area (Å²) in [6.45, 7) is 10.3. The van der Waals surface area contributed by atoms with Crippen LogP contribution in [0.3, 0.4) is 0 Å². The Morgan fingerprint density at radius 1 is 1.16 bits per heavy atom. The zero-order chi connectivity index (χ0) is 14.8. The molecule has 0 aromatic heterocycles. The van der Waals surface area contributed by atoms with Crippen molar-refractivity contribution >= 4 is 0 Å². The number of hydrogen-bond acceptors (Lipinski definition) is 3. The Hall–Kier alpha value is -0.120. The average Bonchev–Trinajstić information content (AvgIpc) is 2.20. The fraction of sp³-hybridized carbons (Fsp3) is 1.00. The molecule has 0 bridgehead atoms. The third kappa shape index (κ3) is 3.71. The summed E-state index contributed by atoms with van der Waals surface area (Å²) in [5, 5.41) is 0. The van der Waals surface area contributed by atoms with Crippen LogP contribution in [0.2, 0.25) is 0 Å². The zero-order valence-electron chi connectivity index (χ0n) is 14.2. The van der Waals surface area contributed by atoms with Gasteiger partial charge in [-0.2, -0.15) is 0 Å². The van der Waals surface area contributed by atoms with Crippen LogP contribution in [0, 0.1) is 5.41 Å². The molecule has 0 spiro atoms. The van der Waals surface area contributed by atoms with E-state index in [1.54, 1.807) is 0 Å². The largest absolute Gasteiger partial charge is 0.326 e. The minimum atomic E-state index is 0.224. The van der Waals surface area contributed by atoms with Crippen LogP contribution in [-0.2, 0) is 0 Å². The van der Waals surface area contributed by atoms with Gasteiger partial charge in [-0.1, -0.05) is 27.7 Å². The first-order chi connectivity index (χ1) is 8.64. The maximum atomic E-state index is 6.40. The fourth-order valence-corrected chi connectivity index (χ4v) is 3.75. The van der Waals surface area contributed by atoms with Crippen molar-refractivity contribution in [1.82, 2.24) is 9.80 Å². The molecule has 1 fully saturated rings. The summed E-state index contributed by atoms with van der Waals surface area (Å²) in [6.07, 6.45) is 5.05. The Kier molecular flexibility index (Phi) is 5.44. The van der Waals surface area contributed by atoms with Gasteiger partial charge in [0.25, 0.3) is 0 Å². The van der Waals surface area contributed by atoms with E-state index in [0.29, 0.717) is 11.6 Å². The molecule has 19 heavy (non-hydrogen) atoms. The van der Waals surface area contributed by atoms with E-state index >= 15 is 0 Å². The van der Waals surface area contributed by atoms with Crippen LogP contribution in [0.4, 0.5) is 0 Å². The van der Waals surface area contributed by atoms with Gasteiger partial charge in [0.2, 0.25) is 0 Å². The second-order valence-electron chi connectivity index (χ2n) is 7.77. The van der Waals surface area contributed by atoms with Crippen LogP contribution >= 0.6 is 0 Å². The van der Waals surface area contributed by atoms with E-state index in [1.807, 2.05) is 0 Å². The van der Waals surface area contributed by atoms with Crippen molar-refractivity contribution in [2.75, 3.05) is 27.7 Å². The molecule has 0 saturated heterocycles.